The standard InChI is InChI=1S/C14H20N2O5S/c1-14(2,13(18)19)16(5)22(20,21)11-8-6-10(7-9-11)12(17)15(3)4/h6-9H,1-5H3,(H,18,19). The van der Waals surface area contributed by atoms with Gasteiger partial charge in [0.1, 0.15) is 5.54 Å². The van der Waals surface area contributed by atoms with Gasteiger partial charge < -0.3 is 10.0 Å². The van der Waals surface area contributed by atoms with Gasteiger partial charge in [0.2, 0.25) is 10.0 Å². The summed E-state index contributed by atoms with van der Waals surface area (Å²) >= 11 is 0. The van der Waals surface area contributed by atoms with Crippen molar-refractivity contribution in [2.45, 2.75) is 24.3 Å². The third-order valence-electron chi connectivity index (χ3n) is 3.48. The van der Waals surface area contributed by atoms with E-state index >= 15 is 0 Å². The topological polar surface area (TPSA) is 95.0 Å². The molecule has 22 heavy (non-hydrogen) atoms. The molecule has 0 unspecified atom stereocenters. The van der Waals surface area contributed by atoms with Crippen molar-refractivity contribution in [1.82, 2.24) is 9.21 Å². The molecule has 1 aromatic rings. The Kier molecular flexibility index (Phi) is 4.99. The van der Waals surface area contributed by atoms with E-state index < -0.39 is 21.5 Å². The molecule has 0 bridgehead atoms. The first-order valence-corrected chi connectivity index (χ1v) is 7.90. The van der Waals surface area contributed by atoms with Crippen molar-refractivity contribution < 1.29 is 23.1 Å². The van der Waals surface area contributed by atoms with Crippen molar-refractivity contribution in [2.75, 3.05) is 21.1 Å². The minimum atomic E-state index is -3.98. The molecule has 0 fully saturated rings. The van der Waals surface area contributed by atoms with Crippen LogP contribution in [0.3, 0.4) is 0 Å². The monoisotopic (exact) mass is 328 g/mol. The molecule has 0 aliphatic rings. The lowest BCUT2D eigenvalue weighted by Gasteiger charge is -2.30. The number of nitrogens with zero attached hydrogens (tertiary/aromatic N) is 2. The maximum absolute atomic E-state index is 12.5. The zero-order chi connectivity index (χ0) is 17.3. The van der Waals surface area contributed by atoms with E-state index in [0.717, 1.165) is 4.31 Å². The molecular formula is C14H20N2O5S. The lowest BCUT2D eigenvalue weighted by atomic mass is 10.1. The molecule has 1 amide bonds. The number of carboxylic acids is 1. The van der Waals surface area contributed by atoms with E-state index in [9.17, 15) is 18.0 Å². The van der Waals surface area contributed by atoms with E-state index in [1.165, 1.54) is 50.1 Å². The van der Waals surface area contributed by atoms with Gasteiger partial charge in [-0.3, -0.25) is 9.59 Å². The molecule has 0 atom stereocenters. The second-order valence-electron chi connectivity index (χ2n) is 5.56. The zero-order valence-corrected chi connectivity index (χ0v) is 14.0. The molecule has 0 heterocycles. The molecule has 1 aromatic carbocycles. The number of carbonyl (C=O) groups excluding carboxylic acids is 1. The SMILES string of the molecule is CN(C)C(=O)c1ccc(S(=O)(=O)N(C)C(C)(C)C(=O)O)cc1. The Balaban J connectivity index is 3.20. The number of amides is 1. The van der Waals surface area contributed by atoms with Gasteiger partial charge in [-0.2, -0.15) is 4.31 Å². The molecule has 0 saturated heterocycles. The highest BCUT2D eigenvalue weighted by atomic mass is 32.2. The molecule has 122 valence electrons. The molecule has 1 N–H and O–H groups in total. The lowest BCUT2D eigenvalue weighted by Crippen LogP contribution is -2.50. The Bertz CT molecular complexity index is 678. The minimum absolute atomic E-state index is 0.0698. The van der Waals surface area contributed by atoms with E-state index in [1.54, 1.807) is 14.1 Å². The van der Waals surface area contributed by atoms with Crippen LogP contribution in [0.2, 0.25) is 0 Å². The van der Waals surface area contributed by atoms with E-state index in [1.807, 2.05) is 0 Å². The van der Waals surface area contributed by atoms with Gasteiger partial charge in [0.05, 0.1) is 4.90 Å². The number of carbonyl (C=O) groups is 2. The fourth-order valence-electron chi connectivity index (χ4n) is 1.62. The van der Waals surface area contributed by atoms with Gasteiger partial charge in [0.15, 0.2) is 0 Å². The van der Waals surface area contributed by atoms with Crippen molar-refractivity contribution in [3.8, 4) is 0 Å². The summed E-state index contributed by atoms with van der Waals surface area (Å²) in [6.07, 6.45) is 0. The first kappa shape index (κ1) is 18.1. The van der Waals surface area contributed by atoms with Crippen LogP contribution >= 0.6 is 0 Å². The molecular weight excluding hydrogens is 308 g/mol. The summed E-state index contributed by atoms with van der Waals surface area (Å²) in [6.45, 7) is 2.60. The second kappa shape index (κ2) is 6.05. The van der Waals surface area contributed by atoms with Crippen LogP contribution in [0.5, 0.6) is 0 Å². The number of hydrogen-bond acceptors (Lipinski definition) is 4. The van der Waals surface area contributed by atoms with E-state index in [2.05, 4.69) is 0 Å². The van der Waals surface area contributed by atoms with E-state index in [-0.39, 0.29) is 10.8 Å². The highest BCUT2D eigenvalue weighted by Crippen LogP contribution is 2.23. The van der Waals surface area contributed by atoms with Crippen LogP contribution in [-0.2, 0) is 14.8 Å². The molecule has 0 aromatic heterocycles. The Labute approximate surface area is 130 Å². The maximum Gasteiger partial charge on any atom is 0.324 e. The Hall–Kier alpha value is -1.93. The predicted molar refractivity (Wildman–Crippen MR) is 81.1 cm³/mol. The van der Waals surface area contributed by atoms with Crippen molar-refractivity contribution in [2.24, 2.45) is 0 Å². The Morgan fingerprint density at radius 1 is 1.05 bits per heavy atom. The summed E-state index contributed by atoms with van der Waals surface area (Å²) in [4.78, 5) is 24.3. The number of aliphatic carboxylic acids is 1. The van der Waals surface area contributed by atoms with Gasteiger partial charge in [-0.25, -0.2) is 8.42 Å². The lowest BCUT2D eigenvalue weighted by molar-refractivity contribution is -0.145. The van der Waals surface area contributed by atoms with Crippen LogP contribution in [0.4, 0.5) is 0 Å². The number of carboxylic acid groups (broad SMARTS) is 1. The number of hydrogen-bond donors (Lipinski definition) is 1. The van der Waals surface area contributed by atoms with Crippen LogP contribution in [0.15, 0.2) is 29.2 Å². The van der Waals surface area contributed by atoms with Crippen molar-refractivity contribution in [1.29, 1.82) is 0 Å². The number of likely N-dealkylation sites (N-methyl/N-ethyl adjacent to an activating group) is 1. The number of sulfonamides is 1. The van der Waals surface area contributed by atoms with Crippen LogP contribution in [0.25, 0.3) is 0 Å². The minimum Gasteiger partial charge on any atom is -0.480 e. The second-order valence-corrected chi connectivity index (χ2v) is 7.53. The van der Waals surface area contributed by atoms with E-state index in [0.29, 0.717) is 5.56 Å². The molecule has 0 spiro atoms. The normalized spacial score (nSPS) is 12.3. The van der Waals surface area contributed by atoms with Crippen LogP contribution in [-0.4, -0.2) is 61.3 Å². The average molecular weight is 328 g/mol. The van der Waals surface area contributed by atoms with Gasteiger partial charge in [-0.05, 0) is 38.1 Å². The first-order valence-electron chi connectivity index (χ1n) is 6.46. The predicted octanol–water partition coefficient (Wildman–Crippen LogP) is 0.872. The molecule has 8 heteroatoms. The number of benzene rings is 1. The Morgan fingerprint density at radius 3 is 1.86 bits per heavy atom. The molecule has 0 radical (unpaired) electrons. The van der Waals surface area contributed by atoms with Gasteiger partial charge >= 0.3 is 5.97 Å². The summed E-state index contributed by atoms with van der Waals surface area (Å²) in [6, 6.07) is 5.38. The van der Waals surface area contributed by atoms with Gasteiger partial charge in [-0.15, -0.1) is 0 Å². The molecule has 1 rings (SSSR count). The summed E-state index contributed by atoms with van der Waals surface area (Å²) < 4.78 is 25.7. The van der Waals surface area contributed by atoms with Crippen LogP contribution in [0, 0.1) is 0 Å². The third-order valence-corrected chi connectivity index (χ3v) is 5.52. The Morgan fingerprint density at radius 2 is 1.50 bits per heavy atom. The fraction of sp³-hybridized carbons (Fsp3) is 0.429. The summed E-state index contributed by atoms with van der Waals surface area (Å²) in [7, 11) is 0.421. The van der Waals surface area contributed by atoms with Crippen molar-refractivity contribution in [3.05, 3.63) is 29.8 Å². The summed E-state index contributed by atoms with van der Waals surface area (Å²) in [5.41, 5.74) is -1.24. The van der Waals surface area contributed by atoms with Crippen molar-refractivity contribution in [3.63, 3.8) is 0 Å². The number of rotatable bonds is 5. The summed E-state index contributed by atoms with van der Waals surface area (Å²) in [5.74, 6) is -1.50. The third kappa shape index (κ3) is 3.28. The maximum atomic E-state index is 12.5. The van der Waals surface area contributed by atoms with E-state index in [4.69, 9.17) is 5.11 Å². The summed E-state index contributed by atoms with van der Waals surface area (Å²) in [5, 5.41) is 9.14. The molecule has 0 aliphatic carbocycles. The van der Waals surface area contributed by atoms with Gasteiger partial charge in [0, 0.05) is 26.7 Å². The zero-order valence-electron chi connectivity index (χ0n) is 13.2. The fourth-order valence-corrected chi connectivity index (χ4v) is 3.10. The first-order chi connectivity index (χ1) is 9.92. The van der Waals surface area contributed by atoms with Gasteiger partial charge in [0.25, 0.3) is 5.91 Å². The smallest absolute Gasteiger partial charge is 0.324 e. The quantitative estimate of drug-likeness (QED) is 0.865. The van der Waals surface area contributed by atoms with Crippen molar-refractivity contribution >= 4 is 21.9 Å². The highest BCUT2D eigenvalue weighted by Gasteiger charge is 2.40. The molecule has 0 saturated carbocycles. The highest BCUT2D eigenvalue weighted by molar-refractivity contribution is 7.89. The molecule has 7 nitrogen and oxygen atoms in total. The molecule has 0 aliphatic heterocycles. The van der Waals surface area contributed by atoms with Gasteiger partial charge in [-0.1, -0.05) is 0 Å². The average Bonchev–Trinajstić information content (AvgIpc) is 2.45. The van der Waals surface area contributed by atoms with Crippen LogP contribution < -0.4 is 0 Å². The largest absolute Gasteiger partial charge is 0.480 e. The van der Waals surface area contributed by atoms with Crippen LogP contribution in [0.1, 0.15) is 24.2 Å².